The average molecular weight is 410 g/mol. The van der Waals surface area contributed by atoms with Crippen molar-refractivity contribution in [2.75, 3.05) is 18.9 Å². The van der Waals surface area contributed by atoms with E-state index in [1.54, 1.807) is 12.1 Å². The van der Waals surface area contributed by atoms with Crippen LogP contribution in [0.2, 0.25) is 0 Å². The number of nitrogens with one attached hydrogen (secondary N) is 1. The molecule has 30 heavy (non-hydrogen) atoms. The van der Waals surface area contributed by atoms with Gasteiger partial charge in [-0.2, -0.15) is 8.78 Å². The quantitative estimate of drug-likeness (QED) is 0.512. The highest BCUT2D eigenvalue weighted by molar-refractivity contribution is 5.95. The van der Waals surface area contributed by atoms with Gasteiger partial charge in [0.05, 0.1) is 0 Å². The first-order valence-corrected chi connectivity index (χ1v) is 9.68. The SMILES string of the molecule is CN(CCC(=O)Nc1ccccc1-c1ccccc1)Cc1ccc(OC(F)F)cc1. The van der Waals surface area contributed by atoms with E-state index in [9.17, 15) is 13.6 Å². The van der Waals surface area contributed by atoms with Gasteiger partial charge in [-0.3, -0.25) is 4.79 Å². The van der Waals surface area contributed by atoms with Crippen molar-refractivity contribution in [3.05, 3.63) is 84.4 Å². The Morgan fingerprint density at radius 3 is 2.33 bits per heavy atom. The number of amides is 1. The van der Waals surface area contributed by atoms with E-state index in [4.69, 9.17) is 0 Å². The van der Waals surface area contributed by atoms with Crippen molar-refractivity contribution in [3.8, 4) is 16.9 Å². The summed E-state index contributed by atoms with van der Waals surface area (Å²) in [5.74, 6) is 0.0683. The summed E-state index contributed by atoms with van der Waals surface area (Å²) in [6.45, 7) is -1.67. The molecule has 0 saturated heterocycles. The highest BCUT2D eigenvalue weighted by Gasteiger charge is 2.10. The molecule has 0 aromatic heterocycles. The van der Waals surface area contributed by atoms with E-state index in [0.29, 0.717) is 19.5 Å². The highest BCUT2D eigenvalue weighted by atomic mass is 19.3. The summed E-state index contributed by atoms with van der Waals surface area (Å²) >= 11 is 0. The number of hydrogen-bond donors (Lipinski definition) is 1. The molecule has 0 saturated carbocycles. The summed E-state index contributed by atoms with van der Waals surface area (Å²) in [4.78, 5) is 14.5. The first-order valence-electron chi connectivity index (χ1n) is 9.68. The lowest BCUT2D eigenvalue weighted by atomic mass is 10.0. The topological polar surface area (TPSA) is 41.6 Å². The van der Waals surface area contributed by atoms with E-state index in [1.165, 1.54) is 12.1 Å². The fourth-order valence-corrected chi connectivity index (χ4v) is 3.13. The standard InChI is InChI=1S/C24H24F2N2O2/c1-28(17-18-11-13-20(14-12-18)30-24(25)26)16-15-23(29)27-22-10-6-5-9-21(22)19-7-3-2-4-8-19/h2-14,24H,15-17H2,1H3,(H,27,29). The number of para-hydroxylation sites is 1. The lowest BCUT2D eigenvalue weighted by molar-refractivity contribution is -0.116. The number of carbonyl (C=O) groups excluding carboxylic acids is 1. The van der Waals surface area contributed by atoms with Crippen LogP contribution in [-0.2, 0) is 11.3 Å². The summed E-state index contributed by atoms with van der Waals surface area (Å²) < 4.78 is 28.8. The van der Waals surface area contributed by atoms with Crippen LogP contribution in [0.4, 0.5) is 14.5 Å². The van der Waals surface area contributed by atoms with E-state index >= 15 is 0 Å². The average Bonchev–Trinajstić information content (AvgIpc) is 2.74. The van der Waals surface area contributed by atoms with Crippen molar-refractivity contribution in [1.29, 1.82) is 0 Å². The molecule has 3 aromatic carbocycles. The third kappa shape index (κ3) is 6.39. The van der Waals surface area contributed by atoms with Crippen LogP contribution in [0.1, 0.15) is 12.0 Å². The summed E-state index contributed by atoms with van der Waals surface area (Å²) in [6.07, 6.45) is 0.339. The van der Waals surface area contributed by atoms with Crippen molar-refractivity contribution in [1.82, 2.24) is 4.90 Å². The largest absolute Gasteiger partial charge is 0.435 e. The van der Waals surface area contributed by atoms with Gasteiger partial charge in [0, 0.05) is 30.8 Å². The van der Waals surface area contributed by atoms with Crippen LogP contribution in [0, 0.1) is 0 Å². The van der Waals surface area contributed by atoms with E-state index in [2.05, 4.69) is 10.1 Å². The molecule has 156 valence electrons. The highest BCUT2D eigenvalue weighted by Crippen LogP contribution is 2.27. The molecule has 3 rings (SSSR count). The lowest BCUT2D eigenvalue weighted by Gasteiger charge is -2.17. The van der Waals surface area contributed by atoms with E-state index in [0.717, 1.165) is 22.4 Å². The smallest absolute Gasteiger partial charge is 0.387 e. The number of halogens is 2. The molecular formula is C24H24F2N2O2. The lowest BCUT2D eigenvalue weighted by Crippen LogP contribution is -2.24. The Balaban J connectivity index is 1.51. The number of rotatable bonds is 9. The molecule has 1 N–H and O–H groups in total. The molecular weight excluding hydrogens is 386 g/mol. The maximum atomic E-state index is 12.5. The second kappa shape index (κ2) is 10.5. The Labute approximate surface area is 175 Å². The van der Waals surface area contributed by atoms with Gasteiger partial charge in [-0.25, -0.2) is 0 Å². The summed E-state index contributed by atoms with van der Waals surface area (Å²) in [6, 6.07) is 24.2. The third-order valence-electron chi connectivity index (χ3n) is 4.61. The van der Waals surface area contributed by atoms with Crippen LogP contribution < -0.4 is 10.1 Å². The monoisotopic (exact) mass is 410 g/mol. The number of nitrogens with zero attached hydrogens (tertiary/aromatic N) is 1. The summed E-state index contributed by atoms with van der Waals surface area (Å²) in [5.41, 5.74) is 3.76. The Bertz CT molecular complexity index is 947. The Kier molecular flexibility index (Phi) is 7.51. The van der Waals surface area contributed by atoms with Crippen LogP contribution in [0.5, 0.6) is 5.75 Å². The van der Waals surface area contributed by atoms with E-state index in [-0.39, 0.29) is 11.7 Å². The minimum atomic E-state index is -2.83. The molecule has 4 nitrogen and oxygen atoms in total. The number of ether oxygens (including phenoxy) is 1. The molecule has 0 aliphatic rings. The van der Waals surface area contributed by atoms with Crippen molar-refractivity contribution in [2.24, 2.45) is 0 Å². The van der Waals surface area contributed by atoms with Gasteiger partial charge in [-0.1, -0.05) is 60.7 Å². The number of carbonyl (C=O) groups is 1. The van der Waals surface area contributed by atoms with E-state index in [1.807, 2.05) is 66.5 Å². The minimum absolute atomic E-state index is 0.0640. The van der Waals surface area contributed by atoms with Gasteiger partial charge >= 0.3 is 6.61 Å². The van der Waals surface area contributed by atoms with Crippen LogP contribution in [0.25, 0.3) is 11.1 Å². The zero-order valence-corrected chi connectivity index (χ0v) is 16.7. The predicted molar refractivity (Wildman–Crippen MR) is 115 cm³/mol. The molecule has 0 aliphatic heterocycles. The first kappa shape index (κ1) is 21.5. The minimum Gasteiger partial charge on any atom is -0.435 e. The number of benzene rings is 3. The van der Waals surface area contributed by atoms with Gasteiger partial charge in [0.15, 0.2) is 0 Å². The first-order chi connectivity index (χ1) is 14.5. The Morgan fingerprint density at radius 2 is 1.63 bits per heavy atom. The Morgan fingerprint density at radius 1 is 0.967 bits per heavy atom. The molecule has 0 fully saturated rings. The zero-order valence-electron chi connectivity index (χ0n) is 16.7. The van der Waals surface area contributed by atoms with Crippen LogP contribution in [-0.4, -0.2) is 31.0 Å². The number of hydrogen-bond acceptors (Lipinski definition) is 3. The van der Waals surface area contributed by atoms with Crippen molar-refractivity contribution in [3.63, 3.8) is 0 Å². The molecule has 0 bridgehead atoms. The van der Waals surface area contributed by atoms with Crippen LogP contribution in [0.3, 0.4) is 0 Å². The normalized spacial score (nSPS) is 11.0. The van der Waals surface area contributed by atoms with Crippen molar-refractivity contribution in [2.45, 2.75) is 19.6 Å². The second-order valence-electron chi connectivity index (χ2n) is 6.97. The number of alkyl halides is 2. The molecule has 0 spiro atoms. The molecule has 0 radical (unpaired) electrons. The van der Waals surface area contributed by atoms with Gasteiger partial charge in [0.1, 0.15) is 5.75 Å². The predicted octanol–water partition coefficient (Wildman–Crippen LogP) is 5.42. The van der Waals surface area contributed by atoms with Crippen LogP contribution >= 0.6 is 0 Å². The van der Waals surface area contributed by atoms with Crippen LogP contribution in [0.15, 0.2) is 78.9 Å². The maximum absolute atomic E-state index is 12.5. The molecule has 0 heterocycles. The second-order valence-corrected chi connectivity index (χ2v) is 6.97. The number of anilines is 1. The molecule has 0 atom stereocenters. The van der Waals surface area contributed by atoms with Crippen molar-refractivity contribution >= 4 is 11.6 Å². The van der Waals surface area contributed by atoms with E-state index < -0.39 is 6.61 Å². The molecule has 0 unspecified atom stereocenters. The van der Waals surface area contributed by atoms with Crippen molar-refractivity contribution < 1.29 is 18.3 Å². The van der Waals surface area contributed by atoms with Gasteiger partial charge in [0.2, 0.25) is 5.91 Å². The van der Waals surface area contributed by atoms with Gasteiger partial charge < -0.3 is 15.0 Å². The Hall–Kier alpha value is -3.25. The fourth-order valence-electron chi connectivity index (χ4n) is 3.13. The molecule has 3 aromatic rings. The zero-order chi connectivity index (χ0) is 21.3. The third-order valence-corrected chi connectivity index (χ3v) is 4.61. The maximum Gasteiger partial charge on any atom is 0.387 e. The van der Waals surface area contributed by atoms with Gasteiger partial charge in [-0.05, 0) is 36.4 Å². The van der Waals surface area contributed by atoms with Gasteiger partial charge in [0.25, 0.3) is 0 Å². The molecule has 1 amide bonds. The summed E-state index contributed by atoms with van der Waals surface area (Å²) in [7, 11) is 1.91. The summed E-state index contributed by atoms with van der Waals surface area (Å²) in [5, 5.41) is 3.00. The molecule has 6 heteroatoms. The molecule has 0 aliphatic carbocycles. The van der Waals surface area contributed by atoms with Gasteiger partial charge in [-0.15, -0.1) is 0 Å². The fraction of sp³-hybridized carbons (Fsp3) is 0.208.